The average Bonchev–Trinajstić information content (AvgIpc) is 3.18. The lowest BCUT2D eigenvalue weighted by molar-refractivity contribution is -0.126. The number of aromatic nitrogens is 3. The van der Waals surface area contributed by atoms with Crippen LogP contribution >= 0.6 is 0 Å². The monoisotopic (exact) mass is 408 g/mol. The zero-order valence-corrected chi connectivity index (χ0v) is 16.7. The van der Waals surface area contributed by atoms with Gasteiger partial charge in [0.15, 0.2) is 0 Å². The van der Waals surface area contributed by atoms with Crippen molar-refractivity contribution in [1.29, 1.82) is 0 Å². The smallest absolute Gasteiger partial charge is 0.223 e. The van der Waals surface area contributed by atoms with E-state index in [2.05, 4.69) is 15.6 Å². The molecule has 0 fully saturated rings. The highest BCUT2D eigenvalue weighted by atomic mass is 19.1. The molecule has 1 amide bonds. The van der Waals surface area contributed by atoms with Gasteiger partial charge in [-0.05, 0) is 42.5 Å². The fourth-order valence-electron chi connectivity index (χ4n) is 3.81. The zero-order chi connectivity index (χ0) is 20.8. The Kier molecular flexibility index (Phi) is 6.49. The number of amides is 1. The summed E-state index contributed by atoms with van der Waals surface area (Å²) in [7, 11) is 0. The first-order chi connectivity index (χ1) is 14.7. The van der Waals surface area contributed by atoms with E-state index in [4.69, 9.17) is 4.74 Å². The average molecular weight is 408 g/mol. The summed E-state index contributed by atoms with van der Waals surface area (Å²) in [5.74, 6) is -0.647. The van der Waals surface area contributed by atoms with Gasteiger partial charge in [0, 0.05) is 12.5 Å². The Hall–Kier alpha value is -3.06. The van der Waals surface area contributed by atoms with Crippen LogP contribution in [-0.4, -0.2) is 33.5 Å². The van der Waals surface area contributed by atoms with Gasteiger partial charge in [-0.2, -0.15) is 0 Å². The van der Waals surface area contributed by atoms with Crippen LogP contribution in [0.4, 0.5) is 4.39 Å². The van der Waals surface area contributed by atoms with Gasteiger partial charge in [0.25, 0.3) is 0 Å². The second kappa shape index (κ2) is 9.63. The number of ether oxygens (including phenoxy) is 1. The Morgan fingerprint density at radius 2 is 1.93 bits per heavy atom. The minimum Gasteiger partial charge on any atom is -0.373 e. The van der Waals surface area contributed by atoms with E-state index in [0.717, 1.165) is 16.8 Å². The summed E-state index contributed by atoms with van der Waals surface area (Å²) in [6, 6.07) is 16.3. The van der Waals surface area contributed by atoms with Crippen LogP contribution in [0.1, 0.15) is 23.2 Å². The van der Waals surface area contributed by atoms with Crippen molar-refractivity contribution < 1.29 is 13.9 Å². The van der Waals surface area contributed by atoms with E-state index >= 15 is 0 Å². The molecule has 2 atom stereocenters. The molecular formula is C23H25FN4O2. The van der Waals surface area contributed by atoms with Gasteiger partial charge in [-0.25, -0.2) is 9.07 Å². The SMILES string of the molecule is O=C1N[C@H](Cc2ccccc2)COCc2cnnn2CC[C@H]1Cc1cccc(F)c1. The number of aryl methyl sites for hydroxylation is 1. The van der Waals surface area contributed by atoms with Crippen molar-refractivity contribution in [1.82, 2.24) is 20.3 Å². The van der Waals surface area contributed by atoms with E-state index in [1.54, 1.807) is 16.9 Å². The van der Waals surface area contributed by atoms with E-state index in [9.17, 15) is 9.18 Å². The lowest BCUT2D eigenvalue weighted by Crippen LogP contribution is -2.43. The number of halogens is 1. The third kappa shape index (κ3) is 5.30. The molecule has 7 heteroatoms. The fraction of sp³-hybridized carbons (Fsp3) is 0.348. The summed E-state index contributed by atoms with van der Waals surface area (Å²) in [5.41, 5.74) is 2.82. The molecule has 0 bridgehead atoms. The third-order valence-corrected chi connectivity index (χ3v) is 5.37. The predicted octanol–water partition coefficient (Wildman–Crippen LogP) is 2.92. The predicted molar refractivity (Wildman–Crippen MR) is 110 cm³/mol. The van der Waals surface area contributed by atoms with E-state index in [1.165, 1.54) is 12.1 Å². The van der Waals surface area contributed by atoms with Crippen LogP contribution in [0, 0.1) is 11.7 Å². The van der Waals surface area contributed by atoms with Crippen molar-refractivity contribution in [3.63, 3.8) is 0 Å². The first-order valence-corrected chi connectivity index (χ1v) is 10.2. The topological polar surface area (TPSA) is 69.0 Å². The summed E-state index contributed by atoms with van der Waals surface area (Å²) < 4.78 is 21.3. The van der Waals surface area contributed by atoms with Gasteiger partial charge in [0.2, 0.25) is 5.91 Å². The molecule has 0 saturated carbocycles. The van der Waals surface area contributed by atoms with Gasteiger partial charge in [-0.1, -0.05) is 47.7 Å². The molecule has 4 rings (SSSR count). The molecule has 30 heavy (non-hydrogen) atoms. The lowest BCUT2D eigenvalue weighted by Gasteiger charge is -2.22. The van der Waals surface area contributed by atoms with Crippen LogP contribution in [0.25, 0.3) is 0 Å². The maximum absolute atomic E-state index is 13.7. The number of hydrogen-bond acceptors (Lipinski definition) is 4. The Morgan fingerprint density at radius 1 is 1.10 bits per heavy atom. The van der Waals surface area contributed by atoms with Gasteiger partial charge in [0.1, 0.15) is 5.82 Å². The van der Waals surface area contributed by atoms with Crippen LogP contribution in [0.3, 0.4) is 0 Å². The van der Waals surface area contributed by atoms with E-state index in [-0.39, 0.29) is 23.7 Å². The van der Waals surface area contributed by atoms with Crippen LogP contribution in [-0.2, 0) is 35.5 Å². The first kappa shape index (κ1) is 20.2. The van der Waals surface area contributed by atoms with Crippen molar-refractivity contribution in [2.75, 3.05) is 6.61 Å². The summed E-state index contributed by atoms with van der Waals surface area (Å²) in [6.45, 7) is 1.33. The number of carbonyl (C=O) groups is 1. The Balaban J connectivity index is 1.55. The van der Waals surface area contributed by atoms with Crippen LogP contribution in [0.5, 0.6) is 0 Å². The highest BCUT2D eigenvalue weighted by molar-refractivity contribution is 5.79. The molecule has 3 aromatic rings. The highest BCUT2D eigenvalue weighted by Gasteiger charge is 2.24. The molecule has 0 unspecified atom stereocenters. The molecule has 156 valence electrons. The first-order valence-electron chi connectivity index (χ1n) is 10.2. The highest BCUT2D eigenvalue weighted by Crippen LogP contribution is 2.17. The van der Waals surface area contributed by atoms with Crippen molar-refractivity contribution in [2.24, 2.45) is 5.92 Å². The van der Waals surface area contributed by atoms with E-state index in [0.29, 0.717) is 39.0 Å². The molecule has 6 nitrogen and oxygen atoms in total. The van der Waals surface area contributed by atoms with Gasteiger partial charge >= 0.3 is 0 Å². The number of benzene rings is 2. The molecule has 1 aliphatic rings. The lowest BCUT2D eigenvalue weighted by atomic mass is 9.94. The fourth-order valence-corrected chi connectivity index (χ4v) is 3.81. The van der Waals surface area contributed by atoms with Crippen molar-refractivity contribution >= 4 is 5.91 Å². The number of carbonyl (C=O) groups excluding carboxylic acids is 1. The Morgan fingerprint density at radius 3 is 2.77 bits per heavy atom. The normalized spacial score (nSPS) is 20.1. The van der Waals surface area contributed by atoms with Crippen molar-refractivity contribution in [2.45, 2.75) is 38.5 Å². The van der Waals surface area contributed by atoms with Crippen LogP contribution in [0.15, 0.2) is 60.8 Å². The Labute approximate surface area is 175 Å². The molecule has 1 N–H and O–H groups in total. The Bertz CT molecular complexity index is 976. The van der Waals surface area contributed by atoms with Gasteiger partial charge in [0.05, 0.1) is 31.1 Å². The maximum Gasteiger partial charge on any atom is 0.223 e. The number of nitrogens with one attached hydrogen (secondary N) is 1. The van der Waals surface area contributed by atoms with Gasteiger partial charge in [-0.15, -0.1) is 5.10 Å². The largest absolute Gasteiger partial charge is 0.373 e. The molecule has 2 aromatic carbocycles. The minimum absolute atomic E-state index is 0.0487. The van der Waals surface area contributed by atoms with Crippen LogP contribution in [0.2, 0.25) is 0 Å². The molecule has 0 radical (unpaired) electrons. The maximum atomic E-state index is 13.7. The van der Waals surface area contributed by atoms with E-state index < -0.39 is 0 Å². The number of fused-ring (bicyclic) bond motifs is 1. The molecule has 2 heterocycles. The van der Waals surface area contributed by atoms with Crippen LogP contribution < -0.4 is 5.32 Å². The zero-order valence-electron chi connectivity index (χ0n) is 16.7. The quantitative estimate of drug-likeness (QED) is 0.721. The minimum atomic E-state index is -0.305. The molecule has 1 aromatic heterocycles. The van der Waals surface area contributed by atoms with E-state index in [1.807, 2.05) is 36.4 Å². The number of rotatable bonds is 4. The molecule has 0 saturated heterocycles. The summed E-state index contributed by atoms with van der Waals surface area (Å²) in [6.07, 6.45) is 3.42. The number of nitrogens with zero attached hydrogens (tertiary/aromatic N) is 3. The summed E-state index contributed by atoms with van der Waals surface area (Å²) >= 11 is 0. The number of hydrogen-bond donors (Lipinski definition) is 1. The second-order valence-electron chi connectivity index (χ2n) is 7.68. The standard InChI is InChI=1S/C23H25FN4O2/c24-20-8-4-7-18(12-20)11-19-9-10-28-22(14-25-27-28)16-30-15-21(26-23(19)29)13-17-5-2-1-3-6-17/h1-8,12,14,19,21H,9-11,13,15-16H2,(H,26,29)/t19-,21+/m0/s1. The van der Waals surface area contributed by atoms with Crippen molar-refractivity contribution in [3.05, 3.63) is 83.4 Å². The van der Waals surface area contributed by atoms with Crippen molar-refractivity contribution in [3.8, 4) is 0 Å². The molecule has 1 aliphatic heterocycles. The summed E-state index contributed by atoms with van der Waals surface area (Å²) in [4.78, 5) is 13.2. The third-order valence-electron chi connectivity index (χ3n) is 5.37. The van der Waals surface area contributed by atoms with Gasteiger partial charge in [-0.3, -0.25) is 4.79 Å². The molecule has 0 aliphatic carbocycles. The molecule has 0 spiro atoms. The second-order valence-corrected chi connectivity index (χ2v) is 7.68. The van der Waals surface area contributed by atoms with Gasteiger partial charge < -0.3 is 10.1 Å². The summed E-state index contributed by atoms with van der Waals surface area (Å²) in [5, 5.41) is 11.3. The molecular weight excluding hydrogens is 383 g/mol.